The Labute approximate surface area is 281 Å². The Kier molecular flexibility index (Phi) is 5.90. The third-order valence-electron chi connectivity index (χ3n) is 9.68. The van der Waals surface area contributed by atoms with Gasteiger partial charge >= 0.3 is 0 Å². The molecule has 0 saturated carbocycles. The number of para-hydroxylation sites is 2. The van der Waals surface area contributed by atoms with E-state index in [9.17, 15) is 5.26 Å². The van der Waals surface area contributed by atoms with Gasteiger partial charge in [-0.3, -0.25) is 0 Å². The highest BCUT2D eigenvalue weighted by molar-refractivity contribution is 6.17. The molecule has 0 amide bonds. The molecule has 0 spiro atoms. The van der Waals surface area contributed by atoms with Crippen molar-refractivity contribution in [2.45, 2.75) is 0 Å². The van der Waals surface area contributed by atoms with Crippen molar-refractivity contribution in [2.75, 3.05) is 4.90 Å². The minimum Gasteiger partial charge on any atom is -0.455 e. The molecule has 49 heavy (non-hydrogen) atoms. The molecular weight excluding hydrogens is 601 g/mol. The van der Waals surface area contributed by atoms with E-state index in [0.717, 1.165) is 93.6 Å². The predicted octanol–water partition coefficient (Wildman–Crippen LogP) is 12.8. The molecule has 0 aliphatic carbocycles. The molecule has 4 nitrogen and oxygen atoms in total. The van der Waals surface area contributed by atoms with Crippen LogP contribution in [0.5, 0.6) is 0 Å². The first-order valence-electron chi connectivity index (χ1n) is 16.3. The third-order valence-corrected chi connectivity index (χ3v) is 9.68. The van der Waals surface area contributed by atoms with Gasteiger partial charge in [-0.15, -0.1) is 0 Å². The smallest absolute Gasteiger partial charge is 0.143 e. The molecule has 8 aromatic carbocycles. The minimum atomic E-state index is 0.652. The Morgan fingerprint density at radius 3 is 1.37 bits per heavy atom. The fourth-order valence-corrected chi connectivity index (χ4v) is 7.26. The van der Waals surface area contributed by atoms with E-state index in [2.05, 4.69) is 120 Å². The summed E-state index contributed by atoms with van der Waals surface area (Å²) in [6, 6.07) is 56.8. The first-order chi connectivity index (χ1) is 24.2. The molecule has 0 bridgehead atoms. The predicted molar refractivity (Wildman–Crippen MR) is 201 cm³/mol. The maximum Gasteiger partial charge on any atom is 0.143 e. The van der Waals surface area contributed by atoms with Gasteiger partial charge in [0.1, 0.15) is 22.3 Å². The average Bonchev–Trinajstić information content (AvgIpc) is 3.74. The molecule has 4 heteroatoms. The lowest BCUT2D eigenvalue weighted by Crippen LogP contribution is -2.10. The summed E-state index contributed by atoms with van der Waals surface area (Å²) < 4.78 is 12.7. The molecule has 0 saturated heterocycles. The second kappa shape index (κ2) is 10.6. The van der Waals surface area contributed by atoms with Crippen LogP contribution < -0.4 is 4.90 Å². The van der Waals surface area contributed by atoms with Crippen LogP contribution in [0.4, 0.5) is 17.1 Å². The minimum absolute atomic E-state index is 0.652. The topological polar surface area (TPSA) is 53.3 Å². The van der Waals surface area contributed by atoms with Crippen LogP contribution in [0.1, 0.15) is 5.56 Å². The van der Waals surface area contributed by atoms with E-state index in [-0.39, 0.29) is 0 Å². The van der Waals surface area contributed by atoms with Crippen molar-refractivity contribution < 1.29 is 8.83 Å². The van der Waals surface area contributed by atoms with E-state index in [1.807, 2.05) is 48.5 Å². The monoisotopic (exact) mass is 626 g/mol. The normalized spacial score (nSPS) is 11.7. The molecule has 2 aromatic heterocycles. The average molecular weight is 627 g/mol. The van der Waals surface area contributed by atoms with Crippen molar-refractivity contribution in [3.05, 3.63) is 163 Å². The molecule has 0 atom stereocenters. The Hall–Kier alpha value is -6.83. The lowest BCUT2D eigenvalue weighted by molar-refractivity contribution is 0.672. The van der Waals surface area contributed by atoms with Gasteiger partial charge in [-0.1, -0.05) is 72.8 Å². The van der Waals surface area contributed by atoms with E-state index in [1.54, 1.807) is 0 Å². The molecule has 228 valence electrons. The van der Waals surface area contributed by atoms with E-state index in [1.165, 1.54) is 0 Å². The van der Waals surface area contributed by atoms with Crippen LogP contribution in [0, 0.1) is 11.3 Å². The zero-order valence-electron chi connectivity index (χ0n) is 26.2. The fraction of sp³-hybridized carbons (Fsp3) is 0. The molecule has 2 heterocycles. The lowest BCUT2D eigenvalue weighted by Gasteiger charge is -2.26. The van der Waals surface area contributed by atoms with Gasteiger partial charge in [0.25, 0.3) is 0 Å². The summed E-state index contributed by atoms with van der Waals surface area (Å²) in [6.45, 7) is 0. The third kappa shape index (κ3) is 4.30. The molecule has 0 N–H and O–H groups in total. The Balaban J connectivity index is 1.14. The summed E-state index contributed by atoms with van der Waals surface area (Å²) in [5.41, 5.74) is 9.53. The molecule has 0 fully saturated rings. The summed E-state index contributed by atoms with van der Waals surface area (Å²) in [4.78, 5) is 2.30. The van der Waals surface area contributed by atoms with Crippen LogP contribution in [0.2, 0.25) is 0 Å². The van der Waals surface area contributed by atoms with Gasteiger partial charge < -0.3 is 13.7 Å². The number of anilines is 3. The molecule has 10 rings (SSSR count). The Bertz CT molecular complexity index is 2790. The van der Waals surface area contributed by atoms with Crippen molar-refractivity contribution in [3.63, 3.8) is 0 Å². The van der Waals surface area contributed by atoms with Crippen LogP contribution in [-0.4, -0.2) is 0 Å². The molecule has 0 aliphatic rings. The van der Waals surface area contributed by atoms with Crippen LogP contribution >= 0.6 is 0 Å². The van der Waals surface area contributed by atoms with Crippen LogP contribution in [0.3, 0.4) is 0 Å². The number of benzene rings is 8. The number of nitrogens with zero attached hydrogens (tertiary/aromatic N) is 2. The number of rotatable bonds is 4. The van der Waals surface area contributed by atoms with Gasteiger partial charge in [0.15, 0.2) is 0 Å². The summed E-state index contributed by atoms with van der Waals surface area (Å²) >= 11 is 0. The van der Waals surface area contributed by atoms with E-state index >= 15 is 0 Å². The molecule has 10 aromatic rings. The summed E-state index contributed by atoms with van der Waals surface area (Å²) in [6.07, 6.45) is 0. The summed E-state index contributed by atoms with van der Waals surface area (Å²) in [5.74, 6) is 0. The highest BCUT2D eigenvalue weighted by atomic mass is 16.3. The van der Waals surface area contributed by atoms with E-state index in [4.69, 9.17) is 8.83 Å². The number of furan rings is 2. The quantitative estimate of drug-likeness (QED) is 0.195. The zero-order valence-corrected chi connectivity index (χ0v) is 26.2. The molecule has 0 radical (unpaired) electrons. The maximum atomic E-state index is 9.25. The Morgan fingerprint density at radius 1 is 0.408 bits per heavy atom. The molecule has 0 aliphatic heterocycles. The number of nitriles is 1. The highest BCUT2D eigenvalue weighted by Crippen LogP contribution is 2.42. The fourth-order valence-electron chi connectivity index (χ4n) is 7.26. The number of hydrogen-bond acceptors (Lipinski definition) is 4. The standard InChI is InChI=1S/C45H26N2O2/c46-27-28-9-11-29(12-10-28)30-13-17-33(18-14-30)47(34-19-23-36-31(25-34)15-21-40-38-5-1-3-7-42(38)48-44(36)40)35-20-24-37-32(26-35)16-22-41-39-6-2-4-8-43(39)49-45(37)41/h1-26H. The highest BCUT2D eigenvalue weighted by Gasteiger charge is 2.18. The largest absolute Gasteiger partial charge is 0.455 e. The van der Waals surface area contributed by atoms with Crippen LogP contribution in [0.15, 0.2) is 167 Å². The van der Waals surface area contributed by atoms with Crippen molar-refractivity contribution in [3.8, 4) is 17.2 Å². The first kappa shape index (κ1) is 27.3. The molecule has 0 unspecified atom stereocenters. The van der Waals surface area contributed by atoms with Crippen molar-refractivity contribution in [1.82, 2.24) is 0 Å². The van der Waals surface area contributed by atoms with E-state index in [0.29, 0.717) is 5.56 Å². The second-order valence-electron chi connectivity index (χ2n) is 12.5. The maximum absolute atomic E-state index is 9.25. The summed E-state index contributed by atoms with van der Waals surface area (Å²) in [5, 5.41) is 18.1. The summed E-state index contributed by atoms with van der Waals surface area (Å²) in [7, 11) is 0. The van der Waals surface area contributed by atoms with Crippen molar-refractivity contribution in [2.24, 2.45) is 0 Å². The van der Waals surface area contributed by atoms with Gasteiger partial charge in [0, 0.05) is 49.4 Å². The zero-order chi connectivity index (χ0) is 32.5. The lowest BCUT2D eigenvalue weighted by atomic mass is 10.0. The number of fused-ring (bicyclic) bond motifs is 10. The second-order valence-corrected chi connectivity index (χ2v) is 12.5. The van der Waals surface area contributed by atoms with Crippen molar-refractivity contribution in [1.29, 1.82) is 5.26 Å². The SMILES string of the molecule is N#Cc1ccc(-c2ccc(N(c3ccc4c(ccc5c6ccccc6oc45)c3)c3ccc4c(ccc5c6ccccc6oc45)c3)cc2)cc1. The molecular formula is C45H26N2O2. The van der Waals surface area contributed by atoms with Crippen molar-refractivity contribution >= 4 is 82.5 Å². The van der Waals surface area contributed by atoms with E-state index < -0.39 is 0 Å². The number of hydrogen-bond donors (Lipinski definition) is 0. The Morgan fingerprint density at radius 2 is 0.857 bits per heavy atom. The van der Waals surface area contributed by atoms with Crippen LogP contribution in [0.25, 0.3) is 76.5 Å². The first-order valence-corrected chi connectivity index (χ1v) is 16.3. The van der Waals surface area contributed by atoms with Gasteiger partial charge in [-0.2, -0.15) is 5.26 Å². The van der Waals surface area contributed by atoms with Gasteiger partial charge in [0.05, 0.1) is 11.6 Å². The van der Waals surface area contributed by atoms with Gasteiger partial charge in [-0.05, 0) is 107 Å². The van der Waals surface area contributed by atoms with Gasteiger partial charge in [-0.25, -0.2) is 0 Å². The van der Waals surface area contributed by atoms with Crippen LogP contribution in [-0.2, 0) is 0 Å². The van der Waals surface area contributed by atoms with Gasteiger partial charge in [0.2, 0.25) is 0 Å².